The number of halogens is 1. The van der Waals surface area contributed by atoms with Crippen LogP contribution < -0.4 is 10.6 Å². The van der Waals surface area contributed by atoms with Gasteiger partial charge < -0.3 is 15.7 Å². The normalized spacial score (nSPS) is 15.7. The predicted octanol–water partition coefficient (Wildman–Crippen LogP) is 3.66. The third kappa shape index (κ3) is 4.08. The molecule has 1 fully saturated rings. The van der Waals surface area contributed by atoms with E-state index < -0.39 is 5.97 Å². The van der Waals surface area contributed by atoms with Crippen molar-refractivity contribution in [3.05, 3.63) is 28.8 Å². The van der Waals surface area contributed by atoms with Crippen molar-refractivity contribution in [2.75, 3.05) is 5.32 Å². The number of benzene rings is 1. The van der Waals surface area contributed by atoms with E-state index in [1.807, 2.05) is 0 Å². The summed E-state index contributed by atoms with van der Waals surface area (Å²) in [5.41, 5.74) is 0.570. The van der Waals surface area contributed by atoms with Gasteiger partial charge in [-0.2, -0.15) is 0 Å². The van der Waals surface area contributed by atoms with Gasteiger partial charge in [0.05, 0.1) is 11.3 Å². The zero-order valence-electron chi connectivity index (χ0n) is 11.0. The molecule has 0 radical (unpaired) electrons. The number of nitrogens with one attached hydrogen (secondary N) is 2. The van der Waals surface area contributed by atoms with Gasteiger partial charge in [-0.3, -0.25) is 0 Å². The molecule has 20 heavy (non-hydrogen) atoms. The van der Waals surface area contributed by atoms with Crippen LogP contribution >= 0.6 is 23.8 Å². The summed E-state index contributed by atoms with van der Waals surface area (Å²) in [6.07, 6.45) is 5.91. The SMILES string of the molecule is O=C(O)c1cc(Cl)ccc1NC(=S)NC1CCCCC1. The molecule has 1 aliphatic rings. The smallest absolute Gasteiger partial charge is 0.337 e. The predicted molar refractivity (Wildman–Crippen MR) is 84.6 cm³/mol. The van der Waals surface area contributed by atoms with Gasteiger partial charge in [0.25, 0.3) is 0 Å². The van der Waals surface area contributed by atoms with Gasteiger partial charge in [0.1, 0.15) is 0 Å². The summed E-state index contributed by atoms with van der Waals surface area (Å²) in [7, 11) is 0. The monoisotopic (exact) mass is 312 g/mol. The summed E-state index contributed by atoms with van der Waals surface area (Å²) < 4.78 is 0. The lowest BCUT2D eigenvalue weighted by molar-refractivity contribution is 0.0698. The van der Waals surface area contributed by atoms with E-state index in [9.17, 15) is 4.79 Å². The van der Waals surface area contributed by atoms with Crippen molar-refractivity contribution in [1.29, 1.82) is 0 Å². The summed E-state index contributed by atoms with van der Waals surface area (Å²) in [6, 6.07) is 5.06. The van der Waals surface area contributed by atoms with Crippen LogP contribution in [0.15, 0.2) is 18.2 Å². The van der Waals surface area contributed by atoms with Gasteiger partial charge >= 0.3 is 5.97 Å². The Morgan fingerprint density at radius 2 is 2.00 bits per heavy atom. The maximum atomic E-state index is 11.2. The first-order valence-electron chi connectivity index (χ1n) is 6.66. The second kappa shape index (κ2) is 6.90. The number of aromatic carboxylic acids is 1. The van der Waals surface area contributed by atoms with Gasteiger partial charge in [-0.1, -0.05) is 30.9 Å². The fraction of sp³-hybridized carbons (Fsp3) is 0.429. The van der Waals surface area contributed by atoms with Crippen LogP contribution in [0.1, 0.15) is 42.5 Å². The van der Waals surface area contributed by atoms with Gasteiger partial charge in [0.2, 0.25) is 0 Å². The largest absolute Gasteiger partial charge is 0.478 e. The van der Waals surface area contributed by atoms with Crippen molar-refractivity contribution in [2.24, 2.45) is 0 Å². The molecule has 4 nitrogen and oxygen atoms in total. The Bertz CT molecular complexity index is 516. The van der Waals surface area contributed by atoms with E-state index in [0.717, 1.165) is 12.8 Å². The zero-order chi connectivity index (χ0) is 14.5. The van der Waals surface area contributed by atoms with Crippen molar-refractivity contribution in [2.45, 2.75) is 38.1 Å². The average Bonchev–Trinajstić information content (AvgIpc) is 2.41. The fourth-order valence-corrected chi connectivity index (χ4v) is 2.84. The van der Waals surface area contributed by atoms with E-state index >= 15 is 0 Å². The number of thiocarbonyl (C=S) groups is 1. The molecule has 1 aromatic carbocycles. The maximum Gasteiger partial charge on any atom is 0.337 e. The van der Waals surface area contributed by atoms with Crippen LogP contribution in [-0.2, 0) is 0 Å². The molecule has 2 rings (SSSR count). The van der Waals surface area contributed by atoms with Crippen LogP contribution in [0.4, 0.5) is 5.69 Å². The van der Waals surface area contributed by atoms with E-state index in [-0.39, 0.29) is 5.56 Å². The summed E-state index contributed by atoms with van der Waals surface area (Å²) in [5, 5.41) is 16.2. The fourth-order valence-electron chi connectivity index (χ4n) is 2.39. The number of hydrogen-bond donors (Lipinski definition) is 3. The lowest BCUT2D eigenvalue weighted by atomic mass is 9.96. The minimum Gasteiger partial charge on any atom is -0.478 e. The molecule has 1 aliphatic carbocycles. The average molecular weight is 313 g/mol. The van der Waals surface area contributed by atoms with E-state index in [1.165, 1.54) is 25.3 Å². The highest BCUT2D eigenvalue weighted by molar-refractivity contribution is 7.80. The Hall–Kier alpha value is -1.33. The number of carboxylic acid groups (broad SMARTS) is 1. The van der Waals surface area contributed by atoms with Crippen molar-refractivity contribution in [3.63, 3.8) is 0 Å². The van der Waals surface area contributed by atoms with Crippen LogP contribution in [0.25, 0.3) is 0 Å². The zero-order valence-corrected chi connectivity index (χ0v) is 12.6. The number of carbonyl (C=O) groups is 1. The molecule has 0 atom stereocenters. The van der Waals surface area contributed by atoms with Crippen LogP contribution in [0.3, 0.4) is 0 Å². The minimum atomic E-state index is -1.03. The first-order valence-corrected chi connectivity index (χ1v) is 7.45. The Labute approximate surface area is 128 Å². The second-order valence-electron chi connectivity index (χ2n) is 4.93. The number of anilines is 1. The maximum absolute atomic E-state index is 11.2. The molecule has 1 saturated carbocycles. The molecule has 1 aromatic rings. The number of rotatable bonds is 3. The van der Waals surface area contributed by atoms with Crippen LogP contribution in [0.5, 0.6) is 0 Å². The van der Waals surface area contributed by atoms with E-state index in [0.29, 0.717) is 21.9 Å². The summed E-state index contributed by atoms with van der Waals surface area (Å²) in [6.45, 7) is 0. The van der Waals surface area contributed by atoms with Crippen LogP contribution in [0.2, 0.25) is 5.02 Å². The highest BCUT2D eigenvalue weighted by Gasteiger charge is 2.16. The summed E-state index contributed by atoms with van der Waals surface area (Å²) in [4.78, 5) is 11.2. The molecule has 0 saturated heterocycles. The summed E-state index contributed by atoms with van der Waals surface area (Å²) in [5.74, 6) is -1.03. The van der Waals surface area contributed by atoms with Crippen LogP contribution in [0, 0.1) is 0 Å². The van der Waals surface area contributed by atoms with Gasteiger partial charge in [-0.25, -0.2) is 4.79 Å². The first kappa shape index (κ1) is 15.1. The van der Waals surface area contributed by atoms with Crippen LogP contribution in [-0.4, -0.2) is 22.2 Å². The van der Waals surface area contributed by atoms with Gasteiger partial charge in [0, 0.05) is 11.1 Å². The molecule has 0 bridgehead atoms. The molecule has 0 aliphatic heterocycles. The van der Waals surface area contributed by atoms with Gasteiger partial charge in [0.15, 0.2) is 5.11 Å². The van der Waals surface area contributed by atoms with Crippen molar-refractivity contribution in [1.82, 2.24) is 5.32 Å². The highest BCUT2D eigenvalue weighted by Crippen LogP contribution is 2.21. The van der Waals surface area contributed by atoms with Gasteiger partial charge in [-0.05, 0) is 43.3 Å². The topological polar surface area (TPSA) is 61.4 Å². The molecule has 108 valence electrons. The molecule has 0 spiro atoms. The molecular formula is C14H17ClN2O2S. The Balaban J connectivity index is 2.01. The molecule has 0 aromatic heterocycles. The van der Waals surface area contributed by atoms with Gasteiger partial charge in [-0.15, -0.1) is 0 Å². The lowest BCUT2D eigenvalue weighted by Crippen LogP contribution is -2.39. The number of hydrogen-bond acceptors (Lipinski definition) is 2. The molecule has 0 heterocycles. The Morgan fingerprint density at radius 1 is 1.30 bits per heavy atom. The molecule has 0 unspecified atom stereocenters. The molecule has 6 heteroatoms. The van der Waals surface area contributed by atoms with Crippen molar-refractivity contribution < 1.29 is 9.90 Å². The minimum absolute atomic E-state index is 0.116. The molecule has 0 amide bonds. The van der Waals surface area contributed by atoms with E-state index in [2.05, 4.69) is 10.6 Å². The Kier molecular flexibility index (Phi) is 5.20. The second-order valence-corrected chi connectivity index (χ2v) is 5.77. The van der Waals surface area contributed by atoms with E-state index in [4.69, 9.17) is 28.9 Å². The quantitative estimate of drug-likeness (QED) is 0.744. The third-order valence-corrected chi connectivity index (χ3v) is 3.86. The third-order valence-electron chi connectivity index (χ3n) is 3.40. The standard InChI is InChI=1S/C14H17ClN2O2S/c15-9-6-7-12(11(8-9)13(18)19)17-14(20)16-10-4-2-1-3-5-10/h6-8,10H,1-5H2,(H,18,19)(H2,16,17,20). The lowest BCUT2D eigenvalue weighted by Gasteiger charge is -2.24. The Morgan fingerprint density at radius 3 is 2.65 bits per heavy atom. The molecular weight excluding hydrogens is 296 g/mol. The highest BCUT2D eigenvalue weighted by atomic mass is 35.5. The first-order chi connectivity index (χ1) is 9.56. The van der Waals surface area contributed by atoms with E-state index in [1.54, 1.807) is 12.1 Å². The molecule has 3 N–H and O–H groups in total. The van der Waals surface area contributed by atoms with Crippen molar-refractivity contribution >= 4 is 40.6 Å². The summed E-state index contributed by atoms with van der Waals surface area (Å²) >= 11 is 11.1. The number of carboxylic acids is 1. The van der Waals surface area contributed by atoms with Crippen molar-refractivity contribution in [3.8, 4) is 0 Å².